The molecular weight excluding hydrogens is 400 g/mol. The highest BCUT2D eigenvalue weighted by Gasteiger charge is 2.21. The van der Waals surface area contributed by atoms with Crippen LogP contribution in [-0.2, 0) is 9.78 Å². The Balaban J connectivity index is 1.99. The molecule has 1 aliphatic carbocycles. The summed E-state index contributed by atoms with van der Waals surface area (Å²) in [5.74, 6) is 2.13. The number of rotatable bonds is 8. The summed E-state index contributed by atoms with van der Waals surface area (Å²) in [4.78, 5) is 22.9. The van der Waals surface area contributed by atoms with Crippen molar-refractivity contribution in [1.82, 2.24) is 0 Å². The predicted octanol–water partition coefficient (Wildman–Crippen LogP) is 5.79. The lowest BCUT2D eigenvalue weighted by Crippen LogP contribution is -2.31. The van der Waals surface area contributed by atoms with Gasteiger partial charge in [0.1, 0.15) is 0 Å². The summed E-state index contributed by atoms with van der Waals surface area (Å²) >= 11 is 0. The fourth-order valence-electron chi connectivity index (χ4n) is 3.93. The van der Waals surface area contributed by atoms with Crippen molar-refractivity contribution in [2.24, 2.45) is 11.8 Å². The molecule has 1 aliphatic rings. The van der Waals surface area contributed by atoms with Gasteiger partial charge in [0.05, 0.1) is 12.7 Å². The summed E-state index contributed by atoms with van der Waals surface area (Å²) in [6.07, 6.45) is 5.56. The van der Waals surface area contributed by atoms with Gasteiger partial charge in [-0.05, 0) is 65.4 Å². The van der Waals surface area contributed by atoms with Crippen molar-refractivity contribution in [3.8, 4) is 22.6 Å². The minimum absolute atomic E-state index is 0.0639. The van der Waals surface area contributed by atoms with Crippen molar-refractivity contribution in [3.05, 3.63) is 59.0 Å². The maximum Gasteiger partial charge on any atom is 0.174 e. The molecular formula is C28H32O4. The Morgan fingerprint density at radius 3 is 2.41 bits per heavy atom. The highest BCUT2D eigenvalue weighted by molar-refractivity contribution is 6.01. The second-order valence-electron chi connectivity index (χ2n) is 9.18. The zero-order valence-corrected chi connectivity index (χ0v) is 19.6. The van der Waals surface area contributed by atoms with Crippen LogP contribution in [0.5, 0.6) is 11.5 Å². The molecule has 0 amide bonds. The lowest BCUT2D eigenvalue weighted by atomic mass is 9.90. The van der Waals surface area contributed by atoms with Gasteiger partial charge in [0, 0.05) is 11.1 Å². The Hall–Kier alpha value is -2.82. The Labute approximate surface area is 189 Å². The van der Waals surface area contributed by atoms with E-state index >= 15 is 0 Å². The molecule has 1 unspecified atom stereocenters. The number of hydrogen-bond donors (Lipinski definition) is 0. The van der Waals surface area contributed by atoms with E-state index in [-0.39, 0.29) is 6.10 Å². The van der Waals surface area contributed by atoms with Gasteiger partial charge in [-0.15, -0.1) is 0 Å². The van der Waals surface area contributed by atoms with E-state index in [0.717, 1.165) is 33.5 Å². The molecule has 4 rings (SSSR count). The molecule has 0 saturated carbocycles. The minimum Gasteiger partial charge on any atom is -0.337 e. The van der Waals surface area contributed by atoms with Crippen molar-refractivity contribution in [1.29, 1.82) is 0 Å². The smallest absolute Gasteiger partial charge is 0.174 e. The quantitative estimate of drug-likeness (QED) is 0.333. The lowest BCUT2D eigenvalue weighted by molar-refractivity contribution is -0.234. The summed E-state index contributed by atoms with van der Waals surface area (Å²) in [5, 5.41) is 4.53. The molecule has 1 atom stereocenters. The second-order valence-corrected chi connectivity index (χ2v) is 9.18. The maximum atomic E-state index is 5.89. The highest BCUT2D eigenvalue weighted by Crippen LogP contribution is 2.40. The van der Waals surface area contributed by atoms with Gasteiger partial charge in [0.2, 0.25) is 0 Å². The Bertz CT molecular complexity index is 1210. The molecule has 0 saturated heterocycles. The van der Waals surface area contributed by atoms with Crippen LogP contribution in [-0.4, -0.2) is 12.7 Å². The first-order chi connectivity index (χ1) is 15.4. The summed E-state index contributed by atoms with van der Waals surface area (Å²) in [5.41, 5.74) is 1.91. The van der Waals surface area contributed by atoms with Gasteiger partial charge in [-0.3, -0.25) is 0 Å². The van der Waals surface area contributed by atoms with Gasteiger partial charge in [0.15, 0.2) is 11.5 Å². The van der Waals surface area contributed by atoms with Crippen LogP contribution in [0.1, 0.15) is 41.0 Å². The van der Waals surface area contributed by atoms with Crippen LogP contribution in [0.3, 0.4) is 0 Å². The van der Waals surface area contributed by atoms with Crippen molar-refractivity contribution >= 4 is 22.9 Å². The molecule has 0 spiro atoms. The van der Waals surface area contributed by atoms with Crippen LogP contribution in [0.15, 0.2) is 48.5 Å². The van der Waals surface area contributed by atoms with E-state index in [1.807, 2.05) is 38.1 Å². The molecule has 0 heterocycles. The number of hydrogen-bond acceptors (Lipinski definition) is 4. The average molecular weight is 433 g/mol. The van der Waals surface area contributed by atoms with Crippen LogP contribution in [0.2, 0.25) is 0 Å². The summed E-state index contributed by atoms with van der Waals surface area (Å²) in [7, 11) is 0. The summed E-state index contributed by atoms with van der Waals surface area (Å²) in [6, 6.07) is 16.4. The topological polar surface area (TPSA) is 36.9 Å². The van der Waals surface area contributed by atoms with E-state index in [2.05, 4.69) is 57.2 Å². The second kappa shape index (κ2) is 9.76. The van der Waals surface area contributed by atoms with E-state index in [1.54, 1.807) is 0 Å². The van der Waals surface area contributed by atoms with Gasteiger partial charge in [-0.25, -0.2) is 0 Å². The van der Waals surface area contributed by atoms with E-state index in [1.165, 1.54) is 5.22 Å². The molecule has 0 N–H and O–H groups in total. The third kappa shape index (κ3) is 4.82. The van der Waals surface area contributed by atoms with Crippen LogP contribution >= 0.6 is 0 Å². The van der Waals surface area contributed by atoms with Gasteiger partial charge < -0.3 is 9.78 Å². The van der Waals surface area contributed by atoms with E-state index in [9.17, 15) is 0 Å². The van der Waals surface area contributed by atoms with Gasteiger partial charge >= 0.3 is 0 Å². The van der Waals surface area contributed by atoms with Crippen molar-refractivity contribution in [3.63, 3.8) is 0 Å². The summed E-state index contributed by atoms with van der Waals surface area (Å²) in [6.45, 7) is 10.8. The first-order valence-corrected chi connectivity index (χ1v) is 11.4. The monoisotopic (exact) mass is 432 g/mol. The standard InChI is InChI=1S/C28H32O4/c1-18(2)17-29-31-25-14-12-21-8-6-7-9-23(21)27(25)28-24-16-20(5)10-11-22(24)13-15-26(28)32-30-19(3)4/h6-9,11-16,18-20H,10,17H2,1-5H3. The van der Waals surface area contributed by atoms with Crippen LogP contribution in [0, 0.1) is 11.8 Å². The molecule has 0 aliphatic heterocycles. The van der Waals surface area contributed by atoms with Gasteiger partial charge in [0.25, 0.3) is 0 Å². The largest absolute Gasteiger partial charge is 0.337 e. The molecule has 32 heavy (non-hydrogen) atoms. The van der Waals surface area contributed by atoms with E-state index in [4.69, 9.17) is 19.6 Å². The van der Waals surface area contributed by atoms with Crippen molar-refractivity contribution < 1.29 is 19.6 Å². The zero-order valence-electron chi connectivity index (χ0n) is 19.6. The van der Waals surface area contributed by atoms with Gasteiger partial charge in [-0.2, -0.15) is 9.78 Å². The van der Waals surface area contributed by atoms with Crippen molar-refractivity contribution in [2.45, 2.75) is 47.1 Å². The fourth-order valence-corrected chi connectivity index (χ4v) is 3.93. The molecule has 4 nitrogen and oxygen atoms in total. The molecule has 3 aromatic carbocycles. The normalized spacial score (nSPS) is 15.4. The van der Waals surface area contributed by atoms with Crippen LogP contribution in [0.25, 0.3) is 34.1 Å². The van der Waals surface area contributed by atoms with E-state index < -0.39 is 0 Å². The molecule has 0 aromatic heterocycles. The highest BCUT2D eigenvalue weighted by atomic mass is 17.2. The fraction of sp³-hybridized carbons (Fsp3) is 0.357. The number of fused-ring (bicyclic) bond motifs is 2. The van der Waals surface area contributed by atoms with Crippen molar-refractivity contribution in [2.75, 3.05) is 6.61 Å². The average Bonchev–Trinajstić information content (AvgIpc) is 2.77. The Kier molecular flexibility index (Phi) is 6.83. The Morgan fingerprint density at radius 2 is 1.62 bits per heavy atom. The first kappa shape index (κ1) is 22.4. The molecule has 0 radical (unpaired) electrons. The molecule has 3 aromatic rings. The molecule has 168 valence electrons. The summed E-state index contributed by atoms with van der Waals surface area (Å²) < 4.78 is 0. The molecule has 0 fully saturated rings. The Morgan fingerprint density at radius 1 is 0.875 bits per heavy atom. The third-order valence-electron chi connectivity index (χ3n) is 5.42. The first-order valence-electron chi connectivity index (χ1n) is 11.4. The number of benzene rings is 3. The SMILES string of the molecule is CC(C)COOc1ccc2ccccc2c1-c1c(OOC(C)C)ccc2c1=CC(C)CC=2. The maximum absolute atomic E-state index is 5.89. The molecule has 4 heteroatoms. The minimum atomic E-state index is -0.0639. The predicted molar refractivity (Wildman–Crippen MR) is 130 cm³/mol. The zero-order chi connectivity index (χ0) is 22.7. The van der Waals surface area contributed by atoms with Crippen LogP contribution in [0.4, 0.5) is 0 Å². The van der Waals surface area contributed by atoms with Gasteiger partial charge in [-0.1, -0.05) is 69.3 Å². The van der Waals surface area contributed by atoms with E-state index in [0.29, 0.717) is 29.9 Å². The third-order valence-corrected chi connectivity index (χ3v) is 5.42. The molecule has 0 bridgehead atoms. The van der Waals surface area contributed by atoms with Crippen LogP contribution < -0.4 is 20.2 Å². The lowest BCUT2D eigenvalue weighted by Gasteiger charge is -2.19.